The van der Waals surface area contributed by atoms with Gasteiger partial charge in [-0.15, -0.1) is 0 Å². The molecule has 2 N–H and O–H groups in total. The van der Waals surface area contributed by atoms with Crippen molar-refractivity contribution in [2.45, 2.75) is 33.2 Å². The summed E-state index contributed by atoms with van der Waals surface area (Å²) in [4.78, 5) is 17.6. The molecule has 8 heteroatoms. The molecule has 0 spiro atoms. The van der Waals surface area contributed by atoms with Crippen LogP contribution in [0.25, 0.3) is 23.0 Å². The largest absolute Gasteiger partial charge is 0.366 e. The Morgan fingerprint density at radius 1 is 1.05 bits per heavy atom. The molecule has 0 saturated heterocycles. The van der Waals surface area contributed by atoms with Gasteiger partial charge >= 0.3 is 0 Å². The van der Waals surface area contributed by atoms with Crippen molar-refractivity contribution >= 4 is 56.7 Å². The molecule has 0 aliphatic rings. The zero-order valence-corrected chi connectivity index (χ0v) is 24.6. The second kappa shape index (κ2) is 12.5. The fourth-order valence-electron chi connectivity index (χ4n) is 4.62. The minimum absolute atomic E-state index is 0.0533. The maximum Gasteiger partial charge on any atom is 0.228 e. The van der Waals surface area contributed by atoms with E-state index >= 15 is 0 Å². The lowest BCUT2D eigenvalue weighted by Gasteiger charge is -2.13. The van der Waals surface area contributed by atoms with Gasteiger partial charge in [-0.1, -0.05) is 79.2 Å². The summed E-state index contributed by atoms with van der Waals surface area (Å²) in [5.74, 6) is 0.718. The van der Waals surface area contributed by atoms with E-state index in [9.17, 15) is 4.79 Å². The van der Waals surface area contributed by atoms with E-state index in [1.807, 2.05) is 73.7 Å². The van der Waals surface area contributed by atoms with Gasteiger partial charge in [-0.25, -0.2) is 4.98 Å². The van der Waals surface area contributed by atoms with Crippen molar-refractivity contribution in [3.63, 3.8) is 0 Å². The van der Waals surface area contributed by atoms with Crippen LogP contribution in [0.1, 0.15) is 36.1 Å². The summed E-state index contributed by atoms with van der Waals surface area (Å²) in [6, 6.07) is 23.6. The summed E-state index contributed by atoms with van der Waals surface area (Å²) < 4.78 is 2.54. The van der Waals surface area contributed by atoms with Gasteiger partial charge < -0.3 is 10.6 Å². The van der Waals surface area contributed by atoms with E-state index in [4.69, 9.17) is 16.6 Å². The molecule has 40 heavy (non-hydrogen) atoms. The van der Waals surface area contributed by atoms with Gasteiger partial charge in [0.05, 0.1) is 22.8 Å². The van der Waals surface area contributed by atoms with E-state index in [2.05, 4.69) is 56.8 Å². The number of nitrogens with one attached hydrogen (secondary N) is 2. The molecule has 0 radical (unpaired) electrons. The Kier molecular flexibility index (Phi) is 8.63. The molecular weight excluding hydrogens is 586 g/mol. The van der Waals surface area contributed by atoms with Crippen molar-refractivity contribution in [1.82, 2.24) is 14.6 Å². The van der Waals surface area contributed by atoms with Crippen LogP contribution in [0.15, 0.2) is 89.5 Å². The smallest absolute Gasteiger partial charge is 0.228 e. The molecule has 0 bridgehead atoms. The number of halogens is 2. The van der Waals surface area contributed by atoms with E-state index in [1.54, 1.807) is 10.7 Å². The summed E-state index contributed by atoms with van der Waals surface area (Å²) in [5.41, 5.74) is 7.46. The SMILES string of the molecule is C/C=C\c1cc(CC(=O)Nc2cccc(CNc3cc(-c4ccccc4Cl)nc4c(Br)cnn34)c2)ccc1CC. The van der Waals surface area contributed by atoms with Crippen LogP contribution in [0.5, 0.6) is 0 Å². The number of allylic oxidation sites excluding steroid dienone is 1. The zero-order chi connectivity index (χ0) is 28.1. The molecule has 5 rings (SSSR count). The lowest BCUT2D eigenvalue weighted by atomic mass is 10.00. The topological polar surface area (TPSA) is 71.3 Å². The number of carbonyl (C=O) groups is 1. The Labute approximate surface area is 247 Å². The maximum atomic E-state index is 12.9. The van der Waals surface area contributed by atoms with Crippen molar-refractivity contribution in [3.8, 4) is 11.3 Å². The Morgan fingerprint density at radius 3 is 2.70 bits per heavy atom. The normalized spacial score (nSPS) is 11.3. The van der Waals surface area contributed by atoms with Gasteiger partial charge in [-0.3, -0.25) is 4.79 Å². The molecule has 2 heterocycles. The first-order valence-electron chi connectivity index (χ1n) is 13.1. The Balaban J connectivity index is 1.31. The molecule has 3 aromatic carbocycles. The highest BCUT2D eigenvalue weighted by Crippen LogP contribution is 2.30. The van der Waals surface area contributed by atoms with Gasteiger partial charge in [0.25, 0.3) is 0 Å². The molecule has 0 saturated carbocycles. The highest BCUT2D eigenvalue weighted by Gasteiger charge is 2.13. The number of anilines is 2. The van der Waals surface area contributed by atoms with E-state index < -0.39 is 0 Å². The average Bonchev–Trinajstić information content (AvgIpc) is 3.33. The van der Waals surface area contributed by atoms with Crippen LogP contribution < -0.4 is 10.6 Å². The number of nitrogens with zero attached hydrogens (tertiary/aromatic N) is 3. The van der Waals surface area contributed by atoms with Gasteiger partial charge in [-0.2, -0.15) is 9.61 Å². The molecular formula is C32H29BrClN5O. The van der Waals surface area contributed by atoms with Gasteiger partial charge in [-0.05, 0) is 69.7 Å². The summed E-state index contributed by atoms with van der Waals surface area (Å²) in [6.45, 7) is 4.66. The van der Waals surface area contributed by atoms with Crippen molar-refractivity contribution in [1.29, 1.82) is 0 Å². The summed E-state index contributed by atoms with van der Waals surface area (Å²) in [7, 11) is 0. The molecule has 0 aliphatic carbocycles. The number of benzene rings is 3. The first-order valence-corrected chi connectivity index (χ1v) is 14.3. The van der Waals surface area contributed by atoms with E-state index in [-0.39, 0.29) is 5.91 Å². The second-order valence-electron chi connectivity index (χ2n) is 9.40. The molecule has 1 amide bonds. The Hall–Kier alpha value is -3.94. The summed E-state index contributed by atoms with van der Waals surface area (Å²) in [6.07, 6.45) is 7.10. The lowest BCUT2D eigenvalue weighted by molar-refractivity contribution is -0.115. The standard InChI is InChI=1S/C32H29BrClN5O/c1-3-8-24-15-21(13-14-23(24)4-2)17-31(40)37-25-10-7-9-22(16-25)19-35-30-18-29(26-11-5-6-12-28(26)34)38-32-27(33)20-36-39(30)32/h3,5-16,18,20,35H,4,17,19H2,1-2H3,(H,37,40)/b8-3-. The van der Waals surface area contributed by atoms with Crippen molar-refractivity contribution in [2.24, 2.45) is 0 Å². The third kappa shape index (κ3) is 6.27. The first-order chi connectivity index (χ1) is 19.4. The number of aromatic nitrogens is 3. The van der Waals surface area contributed by atoms with Gasteiger partial charge in [0.1, 0.15) is 5.82 Å². The third-order valence-electron chi connectivity index (χ3n) is 6.57. The van der Waals surface area contributed by atoms with Crippen molar-refractivity contribution in [2.75, 3.05) is 10.6 Å². The van der Waals surface area contributed by atoms with E-state index in [1.165, 1.54) is 5.56 Å². The predicted octanol–water partition coefficient (Wildman–Crippen LogP) is 8.20. The van der Waals surface area contributed by atoms with Gasteiger partial charge in [0.2, 0.25) is 5.91 Å². The van der Waals surface area contributed by atoms with Crippen LogP contribution in [0, 0.1) is 0 Å². The number of aryl methyl sites for hydroxylation is 1. The maximum absolute atomic E-state index is 12.9. The van der Waals surface area contributed by atoms with Crippen LogP contribution in [0.4, 0.5) is 11.5 Å². The Morgan fingerprint density at radius 2 is 1.90 bits per heavy atom. The zero-order valence-electron chi connectivity index (χ0n) is 22.3. The average molecular weight is 615 g/mol. The van der Waals surface area contributed by atoms with Crippen LogP contribution >= 0.6 is 27.5 Å². The fraction of sp³-hybridized carbons (Fsp3) is 0.156. The van der Waals surface area contributed by atoms with Crippen LogP contribution in [0.3, 0.4) is 0 Å². The first kappa shape index (κ1) is 27.6. The lowest BCUT2D eigenvalue weighted by Crippen LogP contribution is -2.15. The number of rotatable bonds is 9. The van der Waals surface area contributed by atoms with E-state index in [0.717, 1.165) is 50.3 Å². The monoisotopic (exact) mass is 613 g/mol. The number of amides is 1. The van der Waals surface area contributed by atoms with Crippen LogP contribution in [-0.4, -0.2) is 20.5 Å². The summed E-state index contributed by atoms with van der Waals surface area (Å²) >= 11 is 10.0. The number of fused-ring (bicyclic) bond motifs is 1. The Bertz CT molecular complexity index is 1710. The van der Waals surface area contributed by atoms with Crippen molar-refractivity contribution in [3.05, 3.63) is 117 Å². The fourth-order valence-corrected chi connectivity index (χ4v) is 5.20. The van der Waals surface area contributed by atoms with Gasteiger partial charge in [0, 0.05) is 28.9 Å². The predicted molar refractivity (Wildman–Crippen MR) is 168 cm³/mol. The number of hydrogen-bond acceptors (Lipinski definition) is 4. The number of carbonyl (C=O) groups excluding carboxylic acids is 1. The van der Waals surface area contributed by atoms with Gasteiger partial charge in [0.15, 0.2) is 5.65 Å². The highest BCUT2D eigenvalue weighted by atomic mass is 79.9. The molecule has 5 aromatic rings. The molecule has 0 aliphatic heterocycles. The highest BCUT2D eigenvalue weighted by molar-refractivity contribution is 9.10. The third-order valence-corrected chi connectivity index (χ3v) is 7.45. The molecule has 202 valence electrons. The second-order valence-corrected chi connectivity index (χ2v) is 10.7. The summed E-state index contributed by atoms with van der Waals surface area (Å²) in [5, 5.41) is 11.6. The van der Waals surface area contributed by atoms with Crippen molar-refractivity contribution < 1.29 is 4.79 Å². The quantitative estimate of drug-likeness (QED) is 0.176. The number of hydrogen-bond donors (Lipinski definition) is 2. The molecule has 2 aromatic heterocycles. The molecule has 0 fully saturated rings. The van der Waals surface area contributed by atoms with E-state index in [0.29, 0.717) is 23.6 Å². The molecule has 6 nitrogen and oxygen atoms in total. The van der Waals surface area contributed by atoms with Crippen LogP contribution in [0.2, 0.25) is 5.02 Å². The van der Waals surface area contributed by atoms with Crippen LogP contribution in [-0.2, 0) is 24.2 Å². The minimum Gasteiger partial charge on any atom is -0.366 e. The minimum atomic E-state index is -0.0533. The molecule has 0 atom stereocenters. The molecule has 0 unspecified atom stereocenters.